The molecule has 1 aliphatic heterocycles. The second-order valence-corrected chi connectivity index (χ2v) is 8.52. The Morgan fingerprint density at radius 3 is 2.37 bits per heavy atom. The average molecular weight is 391 g/mol. The van der Waals surface area contributed by atoms with Crippen molar-refractivity contribution < 1.29 is 17.6 Å². The van der Waals surface area contributed by atoms with E-state index in [0.717, 1.165) is 17.4 Å². The van der Waals surface area contributed by atoms with Crippen LogP contribution in [-0.2, 0) is 10.0 Å². The van der Waals surface area contributed by atoms with E-state index in [4.69, 9.17) is 0 Å². The number of para-hydroxylation sites is 1. The number of carbonyl (C=O) groups is 1. The van der Waals surface area contributed by atoms with E-state index in [1.807, 2.05) is 7.05 Å². The number of hydrogen-bond acceptors (Lipinski definition) is 4. The number of piperazine rings is 1. The Morgan fingerprint density at radius 2 is 1.70 bits per heavy atom. The fourth-order valence-electron chi connectivity index (χ4n) is 2.98. The SMILES string of the molecule is CN1CCN(C(=O)c2cccc(S(=O)(=O)N(C)c3ccccc3F)c2)CC1. The van der Waals surface area contributed by atoms with Gasteiger partial charge in [-0.25, -0.2) is 12.8 Å². The van der Waals surface area contributed by atoms with E-state index in [2.05, 4.69) is 4.90 Å². The molecule has 1 aliphatic rings. The monoisotopic (exact) mass is 391 g/mol. The number of rotatable bonds is 4. The molecule has 8 heteroatoms. The molecule has 0 unspecified atom stereocenters. The lowest BCUT2D eigenvalue weighted by Gasteiger charge is -2.32. The van der Waals surface area contributed by atoms with Gasteiger partial charge < -0.3 is 9.80 Å². The van der Waals surface area contributed by atoms with Crippen molar-refractivity contribution in [3.8, 4) is 0 Å². The molecule has 1 saturated heterocycles. The van der Waals surface area contributed by atoms with Crippen molar-refractivity contribution in [1.82, 2.24) is 9.80 Å². The molecule has 1 amide bonds. The molecule has 0 spiro atoms. The third-order valence-corrected chi connectivity index (χ3v) is 6.49. The zero-order valence-corrected chi connectivity index (χ0v) is 16.1. The molecule has 0 aliphatic carbocycles. The molecule has 0 atom stereocenters. The molecule has 1 heterocycles. The molecule has 0 radical (unpaired) electrons. The Bertz CT molecular complexity index is 941. The van der Waals surface area contributed by atoms with Crippen LogP contribution in [0, 0.1) is 5.82 Å². The Morgan fingerprint density at radius 1 is 1.04 bits per heavy atom. The van der Waals surface area contributed by atoms with E-state index < -0.39 is 15.8 Å². The number of anilines is 1. The number of hydrogen-bond donors (Lipinski definition) is 0. The second kappa shape index (κ2) is 7.66. The van der Waals surface area contributed by atoms with Gasteiger partial charge in [0.1, 0.15) is 5.82 Å². The van der Waals surface area contributed by atoms with Crippen molar-refractivity contribution in [1.29, 1.82) is 0 Å². The molecule has 2 aromatic carbocycles. The van der Waals surface area contributed by atoms with Crippen LogP contribution in [0.3, 0.4) is 0 Å². The molecule has 0 saturated carbocycles. The van der Waals surface area contributed by atoms with Crippen LogP contribution >= 0.6 is 0 Å². The van der Waals surface area contributed by atoms with Gasteiger partial charge in [-0.3, -0.25) is 9.10 Å². The molecular formula is C19H22FN3O3S. The second-order valence-electron chi connectivity index (χ2n) is 6.55. The lowest BCUT2D eigenvalue weighted by atomic mass is 10.2. The molecule has 6 nitrogen and oxygen atoms in total. The van der Waals surface area contributed by atoms with Gasteiger partial charge in [0, 0.05) is 38.8 Å². The third kappa shape index (κ3) is 3.96. The van der Waals surface area contributed by atoms with Crippen LogP contribution in [0.25, 0.3) is 0 Å². The number of halogens is 1. The first kappa shape index (κ1) is 19.3. The van der Waals surface area contributed by atoms with Crippen LogP contribution in [0.1, 0.15) is 10.4 Å². The molecule has 0 aromatic heterocycles. The summed E-state index contributed by atoms with van der Waals surface area (Å²) in [5.74, 6) is -0.832. The van der Waals surface area contributed by atoms with Crippen LogP contribution in [0.4, 0.5) is 10.1 Å². The van der Waals surface area contributed by atoms with Crippen LogP contribution in [0.5, 0.6) is 0 Å². The summed E-state index contributed by atoms with van der Waals surface area (Å²) < 4.78 is 40.7. The first-order valence-electron chi connectivity index (χ1n) is 8.62. The topological polar surface area (TPSA) is 60.9 Å². The number of carbonyl (C=O) groups excluding carboxylic acids is 1. The minimum Gasteiger partial charge on any atom is -0.336 e. The largest absolute Gasteiger partial charge is 0.336 e. The predicted octanol–water partition coefficient (Wildman–Crippen LogP) is 2.04. The van der Waals surface area contributed by atoms with Gasteiger partial charge in [-0.15, -0.1) is 0 Å². The minimum atomic E-state index is -4.00. The van der Waals surface area contributed by atoms with Crippen LogP contribution in [0.15, 0.2) is 53.4 Å². The molecule has 144 valence electrons. The standard InChI is InChI=1S/C19H22FN3O3S/c1-21-10-12-23(13-11-21)19(24)15-6-5-7-16(14-15)27(25,26)22(2)18-9-4-3-8-17(18)20/h3-9,14H,10-13H2,1-2H3. The van der Waals surface area contributed by atoms with Crippen molar-refractivity contribution in [2.45, 2.75) is 4.90 Å². The van der Waals surface area contributed by atoms with Gasteiger partial charge in [-0.2, -0.15) is 0 Å². The molecule has 1 fully saturated rings. The fraction of sp³-hybridized carbons (Fsp3) is 0.316. The molecular weight excluding hydrogens is 369 g/mol. The molecule has 2 aromatic rings. The van der Waals surface area contributed by atoms with Crippen molar-refractivity contribution in [2.24, 2.45) is 0 Å². The zero-order valence-electron chi connectivity index (χ0n) is 15.3. The Kier molecular flexibility index (Phi) is 5.48. The van der Waals surface area contributed by atoms with E-state index in [1.165, 1.54) is 43.4 Å². The minimum absolute atomic E-state index is 0.0479. The highest BCUT2D eigenvalue weighted by Gasteiger charge is 2.26. The Balaban J connectivity index is 1.88. The van der Waals surface area contributed by atoms with Crippen LogP contribution in [-0.4, -0.2) is 64.4 Å². The van der Waals surface area contributed by atoms with E-state index in [1.54, 1.807) is 17.0 Å². The van der Waals surface area contributed by atoms with Gasteiger partial charge in [0.2, 0.25) is 0 Å². The van der Waals surface area contributed by atoms with Gasteiger partial charge in [0.25, 0.3) is 15.9 Å². The average Bonchev–Trinajstić information content (AvgIpc) is 2.68. The zero-order chi connectivity index (χ0) is 19.6. The summed E-state index contributed by atoms with van der Waals surface area (Å²) >= 11 is 0. The number of likely N-dealkylation sites (N-methyl/N-ethyl adjacent to an activating group) is 1. The maximum Gasteiger partial charge on any atom is 0.264 e. The van der Waals surface area contributed by atoms with E-state index in [9.17, 15) is 17.6 Å². The predicted molar refractivity (Wildman–Crippen MR) is 102 cm³/mol. The fourth-order valence-corrected chi connectivity index (χ4v) is 4.23. The van der Waals surface area contributed by atoms with Crippen molar-refractivity contribution in [2.75, 3.05) is 44.6 Å². The summed E-state index contributed by atoms with van der Waals surface area (Å²) in [7, 11) is -0.708. The maximum absolute atomic E-state index is 14.0. The van der Waals surface area contributed by atoms with E-state index in [-0.39, 0.29) is 16.5 Å². The smallest absolute Gasteiger partial charge is 0.264 e. The quantitative estimate of drug-likeness (QED) is 0.800. The summed E-state index contributed by atoms with van der Waals surface area (Å²) in [5, 5.41) is 0. The number of nitrogens with zero attached hydrogens (tertiary/aromatic N) is 3. The lowest BCUT2D eigenvalue weighted by molar-refractivity contribution is 0.0664. The number of benzene rings is 2. The van der Waals surface area contributed by atoms with Crippen LogP contribution in [0.2, 0.25) is 0 Å². The van der Waals surface area contributed by atoms with E-state index in [0.29, 0.717) is 18.7 Å². The molecule has 0 N–H and O–H groups in total. The van der Waals surface area contributed by atoms with Crippen LogP contribution < -0.4 is 4.31 Å². The molecule has 3 rings (SSSR count). The Hall–Kier alpha value is -2.45. The highest BCUT2D eigenvalue weighted by atomic mass is 32.2. The highest BCUT2D eigenvalue weighted by molar-refractivity contribution is 7.92. The summed E-state index contributed by atoms with van der Waals surface area (Å²) in [5.41, 5.74) is 0.260. The van der Waals surface area contributed by atoms with Crippen molar-refractivity contribution in [3.63, 3.8) is 0 Å². The molecule has 27 heavy (non-hydrogen) atoms. The van der Waals surface area contributed by atoms with Gasteiger partial charge >= 0.3 is 0 Å². The highest BCUT2D eigenvalue weighted by Crippen LogP contribution is 2.25. The molecule has 0 bridgehead atoms. The summed E-state index contributed by atoms with van der Waals surface area (Å²) in [6.45, 7) is 2.75. The van der Waals surface area contributed by atoms with Gasteiger partial charge in [-0.05, 0) is 37.4 Å². The van der Waals surface area contributed by atoms with Crippen molar-refractivity contribution >= 4 is 21.6 Å². The van der Waals surface area contributed by atoms with E-state index >= 15 is 0 Å². The first-order chi connectivity index (χ1) is 12.8. The number of amides is 1. The third-order valence-electron chi connectivity index (χ3n) is 4.72. The maximum atomic E-state index is 14.0. The normalized spacial score (nSPS) is 15.6. The first-order valence-corrected chi connectivity index (χ1v) is 10.1. The summed E-state index contributed by atoms with van der Waals surface area (Å²) in [6, 6.07) is 11.6. The number of sulfonamides is 1. The van der Waals surface area contributed by atoms with Crippen molar-refractivity contribution in [3.05, 3.63) is 59.9 Å². The summed E-state index contributed by atoms with van der Waals surface area (Å²) in [4.78, 5) is 16.5. The lowest BCUT2D eigenvalue weighted by Crippen LogP contribution is -2.47. The van der Waals surface area contributed by atoms with Gasteiger partial charge in [0.15, 0.2) is 0 Å². The Labute approximate surface area is 158 Å². The van der Waals surface area contributed by atoms with Gasteiger partial charge in [0.05, 0.1) is 10.6 Å². The van der Waals surface area contributed by atoms with Gasteiger partial charge in [-0.1, -0.05) is 18.2 Å². The summed E-state index contributed by atoms with van der Waals surface area (Å²) in [6.07, 6.45) is 0.